The van der Waals surface area contributed by atoms with Crippen molar-refractivity contribution < 1.29 is 9.84 Å². The van der Waals surface area contributed by atoms with Crippen LogP contribution in [0.5, 0.6) is 0 Å². The fourth-order valence-corrected chi connectivity index (χ4v) is 2.61. The largest absolute Gasteiger partial charge is 0.389 e. The molecule has 1 rings (SSSR count). The average Bonchev–Trinajstić information content (AvgIpc) is 2.86. The lowest BCUT2D eigenvalue weighted by molar-refractivity contribution is -0.0593. The van der Waals surface area contributed by atoms with Gasteiger partial charge in [0.15, 0.2) is 0 Å². The van der Waals surface area contributed by atoms with Gasteiger partial charge in [-0.3, -0.25) is 4.90 Å². The number of aliphatic hydroxyl groups is 1. The highest BCUT2D eigenvalue weighted by molar-refractivity contribution is 7.07. The summed E-state index contributed by atoms with van der Waals surface area (Å²) in [5.74, 6) is 0. The van der Waals surface area contributed by atoms with E-state index in [4.69, 9.17) is 4.74 Å². The molecule has 1 aromatic rings. The lowest BCUT2D eigenvalue weighted by Gasteiger charge is -2.31. The normalized spacial score (nSPS) is 15.6. The van der Waals surface area contributed by atoms with Crippen molar-refractivity contribution in [2.75, 3.05) is 13.2 Å². The second-order valence-corrected chi connectivity index (χ2v) is 7.18. The van der Waals surface area contributed by atoms with Crippen LogP contribution in [-0.4, -0.2) is 40.9 Å². The molecular weight excluding hydrogens is 270 g/mol. The van der Waals surface area contributed by atoms with E-state index in [1.807, 2.05) is 20.8 Å². The molecule has 3 nitrogen and oxygen atoms in total. The van der Waals surface area contributed by atoms with Crippen LogP contribution >= 0.6 is 11.3 Å². The molecule has 0 aromatic carbocycles. The monoisotopic (exact) mass is 299 g/mol. The number of aliphatic hydroxyl groups excluding tert-OH is 1. The summed E-state index contributed by atoms with van der Waals surface area (Å²) in [4.78, 5) is 2.33. The molecule has 0 aliphatic heterocycles. The van der Waals surface area contributed by atoms with Gasteiger partial charge in [-0.1, -0.05) is 6.92 Å². The van der Waals surface area contributed by atoms with E-state index in [-0.39, 0.29) is 5.60 Å². The molecule has 0 saturated carbocycles. The maximum absolute atomic E-state index is 10.2. The lowest BCUT2D eigenvalue weighted by atomic mass is 10.1. The number of ether oxygens (including phenoxy) is 1. The molecular formula is C16H29NO2S. The minimum Gasteiger partial charge on any atom is -0.389 e. The van der Waals surface area contributed by atoms with Gasteiger partial charge in [-0.25, -0.2) is 0 Å². The molecule has 1 aromatic heterocycles. The molecule has 20 heavy (non-hydrogen) atoms. The lowest BCUT2D eigenvalue weighted by Crippen LogP contribution is -2.40. The van der Waals surface area contributed by atoms with E-state index in [0.29, 0.717) is 19.2 Å². The van der Waals surface area contributed by atoms with Crippen LogP contribution in [0.3, 0.4) is 0 Å². The van der Waals surface area contributed by atoms with Gasteiger partial charge in [-0.2, -0.15) is 11.3 Å². The third-order valence-electron chi connectivity index (χ3n) is 3.33. The van der Waals surface area contributed by atoms with Crippen LogP contribution in [0.2, 0.25) is 0 Å². The van der Waals surface area contributed by atoms with Crippen LogP contribution < -0.4 is 0 Å². The number of rotatable bonds is 8. The van der Waals surface area contributed by atoms with Gasteiger partial charge in [0, 0.05) is 19.1 Å². The van der Waals surface area contributed by atoms with Crippen molar-refractivity contribution >= 4 is 11.3 Å². The average molecular weight is 299 g/mol. The number of hydrogen-bond acceptors (Lipinski definition) is 4. The van der Waals surface area contributed by atoms with Gasteiger partial charge in [0.2, 0.25) is 0 Å². The van der Waals surface area contributed by atoms with Gasteiger partial charge < -0.3 is 9.84 Å². The topological polar surface area (TPSA) is 32.7 Å². The minimum absolute atomic E-state index is 0.199. The van der Waals surface area contributed by atoms with Crippen molar-refractivity contribution in [3.05, 3.63) is 22.4 Å². The molecule has 0 aliphatic carbocycles. The van der Waals surface area contributed by atoms with Gasteiger partial charge in [0.25, 0.3) is 0 Å². The third kappa shape index (κ3) is 6.84. The highest BCUT2D eigenvalue weighted by atomic mass is 32.1. The molecule has 0 spiro atoms. The molecule has 0 aliphatic rings. The van der Waals surface area contributed by atoms with Crippen molar-refractivity contribution in [3.63, 3.8) is 0 Å². The Morgan fingerprint density at radius 1 is 1.40 bits per heavy atom. The smallest absolute Gasteiger partial charge is 0.0900 e. The summed E-state index contributed by atoms with van der Waals surface area (Å²) in [6.07, 6.45) is 0.638. The molecule has 116 valence electrons. The summed E-state index contributed by atoms with van der Waals surface area (Å²) < 4.78 is 5.67. The fraction of sp³-hybridized carbons (Fsp3) is 0.750. The molecule has 2 unspecified atom stereocenters. The molecule has 0 fully saturated rings. The molecule has 0 radical (unpaired) electrons. The first-order valence-electron chi connectivity index (χ1n) is 7.39. The number of thiophene rings is 1. The van der Waals surface area contributed by atoms with E-state index in [2.05, 4.69) is 35.6 Å². The molecule has 1 heterocycles. The van der Waals surface area contributed by atoms with Gasteiger partial charge >= 0.3 is 0 Å². The Bertz CT molecular complexity index is 359. The predicted octanol–water partition coefficient (Wildman–Crippen LogP) is 3.52. The molecule has 2 atom stereocenters. The van der Waals surface area contributed by atoms with Crippen LogP contribution in [0.15, 0.2) is 16.8 Å². The fourth-order valence-electron chi connectivity index (χ4n) is 1.95. The zero-order valence-corrected chi connectivity index (χ0v) is 14.2. The van der Waals surface area contributed by atoms with Gasteiger partial charge in [0.1, 0.15) is 0 Å². The van der Waals surface area contributed by atoms with E-state index in [1.54, 1.807) is 11.3 Å². The van der Waals surface area contributed by atoms with E-state index in [0.717, 1.165) is 13.0 Å². The summed E-state index contributed by atoms with van der Waals surface area (Å²) in [7, 11) is 0. The maximum Gasteiger partial charge on any atom is 0.0900 e. The SMILES string of the molecule is CCC(C)N(Cc1ccsc1)CC(O)COC(C)(C)C. The second kappa shape index (κ2) is 8.13. The summed E-state index contributed by atoms with van der Waals surface area (Å²) in [6, 6.07) is 2.61. The van der Waals surface area contributed by atoms with Crippen molar-refractivity contribution in [1.82, 2.24) is 4.90 Å². The molecule has 1 N–H and O–H groups in total. The first-order chi connectivity index (χ1) is 9.31. The summed E-state index contributed by atoms with van der Waals surface area (Å²) in [6.45, 7) is 12.4. The van der Waals surface area contributed by atoms with E-state index >= 15 is 0 Å². The summed E-state index contributed by atoms with van der Waals surface area (Å²) in [5, 5.41) is 14.5. The predicted molar refractivity (Wildman–Crippen MR) is 86.2 cm³/mol. The highest BCUT2D eigenvalue weighted by Crippen LogP contribution is 2.15. The zero-order valence-electron chi connectivity index (χ0n) is 13.4. The first-order valence-corrected chi connectivity index (χ1v) is 8.33. The molecule has 0 saturated heterocycles. The van der Waals surface area contributed by atoms with Crippen LogP contribution in [0, 0.1) is 0 Å². The second-order valence-electron chi connectivity index (χ2n) is 6.40. The molecule has 0 amide bonds. The van der Waals surface area contributed by atoms with Crippen molar-refractivity contribution in [1.29, 1.82) is 0 Å². The van der Waals surface area contributed by atoms with Crippen LogP contribution in [0.25, 0.3) is 0 Å². The zero-order chi connectivity index (χ0) is 15.2. The van der Waals surface area contributed by atoms with E-state index in [1.165, 1.54) is 5.56 Å². The maximum atomic E-state index is 10.2. The summed E-state index contributed by atoms with van der Waals surface area (Å²) >= 11 is 1.72. The van der Waals surface area contributed by atoms with E-state index < -0.39 is 6.10 Å². The highest BCUT2D eigenvalue weighted by Gasteiger charge is 2.19. The Morgan fingerprint density at radius 2 is 2.10 bits per heavy atom. The third-order valence-corrected chi connectivity index (χ3v) is 4.07. The van der Waals surface area contributed by atoms with Crippen molar-refractivity contribution in [2.24, 2.45) is 0 Å². The first kappa shape index (κ1) is 17.6. The van der Waals surface area contributed by atoms with E-state index in [9.17, 15) is 5.11 Å². The number of hydrogen-bond donors (Lipinski definition) is 1. The van der Waals surface area contributed by atoms with Crippen molar-refractivity contribution in [3.8, 4) is 0 Å². The molecule has 4 heteroatoms. The standard InChI is InChI=1S/C16H29NO2S/c1-6-13(2)17(9-14-7-8-20-12-14)10-15(18)11-19-16(3,4)5/h7-8,12-13,15,18H,6,9-11H2,1-5H3. The van der Waals surface area contributed by atoms with Gasteiger partial charge in [-0.15, -0.1) is 0 Å². The van der Waals surface area contributed by atoms with Crippen LogP contribution in [0.1, 0.15) is 46.6 Å². The number of nitrogens with zero attached hydrogens (tertiary/aromatic N) is 1. The van der Waals surface area contributed by atoms with Crippen LogP contribution in [0.4, 0.5) is 0 Å². The Balaban J connectivity index is 2.51. The quantitative estimate of drug-likeness (QED) is 0.797. The van der Waals surface area contributed by atoms with Gasteiger partial charge in [-0.05, 0) is 56.5 Å². The van der Waals surface area contributed by atoms with Gasteiger partial charge in [0.05, 0.1) is 18.3 Å². The Kier molecular flexibility index (Phi) is 7.17. The Labute approximate surface area is 127 Å². The minimum atomic E-state index is -0.443. The Morgan fingerprint density at radius 3 is 2.60 bits per heavy atom. The summed E-state index contributed by atoms with van der Waals surface area (Å²) in [5.41, 5.74) is 1.12. The van der Waals surface area contributed by atoms with Crippen molar-refractivity contribution in [2.45, 2.75) is 65.3 Å². The Hall–Kier alpha value is -0.420. The van der Waals surface area contributed by atoms with Crippen LogP contribution in [-0.2, 0) is 11.3 Å². The molecule has 0 bridgehead atoms.